The normalized spacial score (nSPS) is 11.8. The molecule has 3 aromatic rings. The highest BCUT2D eigenvalue weighted by molar-refractivity contribution is 7.91. The van der Waals surface area contributed by atoms with Crippen LogP contribution in [0.15, 0.2) is 57.4 Å². The highest BCUT2D eigenvalue weighted by Gasteiger charge is 2.26. The molecule has 0 saturated heterocycles. The quantitative estimate of drug-likeness (QED) is 0.710. The molecule has 2 heterocycles. The fourth-order valence-electron chi connectivity index (χ4n) is 1.96. The molecule has 0 atom stereocenters. The summed E-state index contributed by atoms with van der Waals surface area (Å²) in [6.07, 6.45) is 1.57. The summed E-state index contributed by atoms with van der Waals surface area (Å²) in [5, 5.41) is 5.69. The van der Waals surface area contributed by atoms with Crippen LogP contribution in [0.5, 0.6) is 0 Å². The van der Waals surface area contributed by atoms with Gasteiger partial charge in [-0.15, -0.1) is 11.3 Å². The monoisotopic (exact) mass is 370 g/mol. The third-order valence-corrected chi connectivity index (χ3v) is 5.48. The van der Waals surface area contributed by atoms with Gasteiger partial charge in [-0.25, -0.2) is 13.4 Å². The molecule has 1 aromatic carbocycles. The molecule has 0 amide bonds. The summed E-state index contributed by atoms with van der Waals surface area (Å²) in [4.78, 5) is 4.01. The number of alkyl halides is 2. The summed E-state index contributed by atoms with van der Waals surface area (Å²) in [5.41, 5.74) is 1.39. The summed E-state index contributed by atoms with van der Waals surface area (Å²) in [5.74, 6) is -2.74. The van der Waals surface area contributed by atoms with Gasteiger partial charge in [0.05, 0.1) is 23.4 Å². The number of anilines is 1. The Bertz CT molecular complexity index is 905. The van der Waals surface area contributed by atoms with Crippen molar-refractivity contribution in [3.63, 3.8) is 0 Å². The van der Waals surface area contributed by atoms with Crippen molar-refractivity contribution in [1.82, 2.24) is 4.98 Å². The van der Waals surface area contributed by atoms with Gasteiger partial charge < -0.3 is 9.73 Å². The van der Waals surface area contributed by atoms with Crippen molar-refractivity contribution in [2.75, 3.05) is 5.32 Å². The summed E-state index contributed by atoms with van der Waals surface area (Å²) in [6.45, 7) is 0.415. The average Bonchev–Trinajstić information content (AvgIpc) is 3.24. The summed E-state index contributed by atoms with van der Waals surface area (Å²) in [7, 11) is -4.56. The van der Waals surface area contributed by atoms with Gasteiger partial charge in [0.2, 0.25) is 9.84 Å². The zero-order valence-electron chi connectivity index (χ0n) is 12.1. The van der Waals surface area contributed by atoms with Crippen molar-refractivity contribution >= 4 is 26.9 Å². The maximum Gasteiger partial charge on any atom is 0.341 e. The number of furan rings is 1. The van der Waals surface area contributed by atoms with Crippen LogP contribution in [0.1, 0.15) is 5.69 Å². The van der Waals surface area contributed by atoms with Gasteiger partial charge in [0.25, 0.3) is 0 Å². The second kappa shape index (κ2) is 6.70. The molecule has 24 heavy (non-hydrogen) atoms. The van der Waals surface area contributed by atoms with E-state index >= 15 is 0 Å². The second-order valence-corrected chi connectivity index (χ2v) is 7.58. The predicted molar refractivity (Wildman–Crippen MR) is 86.8 cm³/mol. The maximum atomic E-state index is 12.5. The minimum atomic E-state index is -4.56. The Balaban J connectivity index is 1.65. The van der Waals surface area contributed by atoms with E-state index in [4.69, 9.17) is 4.42 Å². The van der Waals surface area contributed by atoms with Crippen molar-refractivity contribution in [2.45, 2.75) is 17.2 Å². The minimum Gasteiger partial charge on any atom is -0.462 e. The Morgan fingerprint density at radius 3 is 2.58 bits per heavy atom. The van der Waals surface area contributed by atoms with Crippen molar-refractivity contribution in [3.05, 3.63) is 53.7 Å². The molecule has 0 aliphatic heterocycles. The van der Waals surface area contributed by atoms with E-state index in [1.807, 2.05) is 11.4 Å². The first-order valence-electron chi connectivity index (χ1n) is 6.81. The van der Waals surface area contributed by atoms with E-state index in [0.717, 1.165) is 22.8 Å². The molecule has 0 unspecified atom stereocenters. The van der Waals surface area contributed by atoms with E-state index in [2.05, 4.69) is 10.3 Å². The highest BCUT2D eigenvalue weighted by atomic mass is 32.2. The zero-order chi connectivity index (χ0) is 17.2. The van der Waals surface area contributed by atoms with Gasteiger partial charge in [0, 0.05) is 11.1 Å². The Morgan fingerprint density at radius 1 is 1.21 bits per heavy atom. The van der Waals surface area contributed by atoms with Crippen LogP contribution in [0.25, 0.3) is 10.8 Å². The topological polar surface area (TPSA) is 72.2 Å². The molecule has 0 aliphatic rings. The van der Waals surface area contributed by atoms with E-state index < -0.39 is 20.5 Å². The van der Waals surface area contributed by atoms with Gasteiger partial charge >= 0.3 is 5.76 Å². The lowest BCUT2D eigenvalue weighted by molar-refractivity contribution is 0.234. The molecule has 9 heteroatoms. The molecular formula is C15H12F2N2O3S2. The van der Waals surface area contributed by atoms with Gasteiger partial charge in [0.15, 0.2) is 10.8 Å². The van der Waals surface area contributed by atoms with Crippen molar-refractivity contribution in [2.24, 2.45) is 0 Å². The molecule has 1 N–H and O–H groups in total. The molecule has 0 radical (unpaired) electrons. The first-order valence-corrected chi connectivity index (χ1v) is 9.23. The van der Waals surface area contributed by atoms with Gasteiger partial charge in [-0.1, -0.05) is 0 Å². The molecule has 0 fully saturated rings. The molecule has 3 rings (SSSR count). The van der Waals surface area contributed by atoms with Crippen LogP contribution in [-0.4, -0.2) is 19.2 Å². The van der Waals surface area contributed by atoms with Crippen molar-refractivity contribution in [1.29, 1.82) is 0 Å². The number of thiazole rings is 1. The van der Waals surface area contributed by atoms with E-state index in [1.54, 1.807) is 12.3 Å². The van der Waals surface area contributed by atoms with Crippen LogP contribution < -0.4 is 5.32 Å². The second-order valence-electron chi connectivity index (χ2n) is 4.80. The number of hydrogen-bond acceptors (Lipinski definition) is 6. The van der Waals surface area contributed by atoms with Crippen LogP contribution in [0, 0.1) is 0 Å². The maximum absolute atomic E-state index is 12.5. The van der Waals surface area contributed by atoms with Crippen LogP contribution in [-0.2, 0) is 16.4 Å². The summed E-state index contributed by atoms with van der Waals surface area (Å²) < 4.78 is 52.9. The van der Waals surface area contributed by atoms with Crippen molar-refractivity contribution < 1.29 is 21.6 Å². The first kappa shape index (κ1) is 16.6. The fraction of sp³-hybridized carbons (Fsp3) is 0.133. The zero-order valence-corrected chi connectivity index (χ0v) is 13.8. The summed E-state index contributed by atoms with van der Waals surface area (Å²) >= 11 is 1.44. The van der Waals surface area contributed by atoms with E-state index in [1.165, 1.54) is 23.5 Å². The van der Waals surface area contributed by atoms with Crippen molar-refractivity contribution in [3.8, 4) is 10.8 Å². The SMILES string of the molecule is O=S(=O)(c1ccc(NCc2csc(-c3ccco3)n2)cc1)C(F)F. The Labute approximate surface area is 140 Å². The largest absolute Gasteiger partial charge is 0.462 e. The molecule has 5 nitrogen and oxygen atoms in total. The van der Waals surface area contributed by atoms with Crippen LogP contribution in [0.3, 0.4) is 0 Å². The minimum absolute atomic E-state index is 0.406. The van der Waals surface area contributed by atoms with E-state index in [-0.39, 0.29) is 0 Å². The smallest absolute Gasteiger partial charge is 0.341 e. The Kier molecular flexibility index (Phi) is 4.63. The van der Waals surface area contributed by atoms with E-state index in [9.17, 15) is 17.2 Å². The molecule has 0 bridgehead atoms. The average molecular weight is 370 g/mol. The van der Waals surface area contributed by atoms with Crippen LogP contribution in [0.4, 0.5) is 14.5 Å². The van der Waals surface area contributed by atoms with Gasteiger partial charge in [0.1, 0.15) is 0 Å². The number of nitrogens with one attached hydrogen (secondary N) is 1. The number of aromatic nitrogens is 1. The van der Waals surface area contributed by atoms with Gasteiger partial charge in [-0.3, -0.25) is 0 Å². The molecule has 2 aromatic heterocycles. The number of hydrogen-bond donors (Lipinski definition) is 1. The molecule has 0 spiro atoms. The Hall–Kier alpha value is -2.26. The molecular weight excluding hydrogens is 358 g/mol. The summed E-state index contributed by atoms with van der Waals surface area (Å²) in [6, 6.07) is 8.78. The standard InChI is InChI=1S/C15H12F2N2O3S2/c16-15(17)24(20,21)12-5-3-10(4-6-12)18-8-11-9-23-14(19-11)13-2-1-7-22-13/h1-7,9,15,18H,8H2. The molecule has 126 valence electrons. The number of benzene rings is 1. The van der Waals surface area contributed by atoms with Crippen LogP contribution in [0.2, 0.25) is 0 Å². The Morgan fingerprint density at radius 2 is 1.96 bits per heavy atom. The fourth-order valence-corrected chi connectivity index (χ4v) is 3.47. The highest BCUT2D eigenvalue weighted by Crippen LogP contribution is 2.25. The number of rotatable bonds is 6. The van der Waals surface area contributed by atoms with Gasteiger partial charge in [-0.2, -0.15) is 8.78 Å². The first-order chi connectivity index (χ1) is 11.5. The van der Waals surface area contributed by atoms with E-state index in [0.29, 0.717) is 18.0 Å². The van der Waals surface area contributed by atoms with Gasteiger partial charge in [-0.05, 0) is 36.4 Å². The number of sulfone groups is 1. The number of halogens is 2. The molecule has 0 saturated carbocycles. The molecule has 0 aliphatic carbocycles. The predicted octanol–water partition coefficient (Wildman–Crippen LogP) is 4.01. The third-order valence-electron chi connectivity index (χ3n) is 3.17. The van der Waals surface area contributed by atoms with Crippen LogP contribution >= 0.6 is 11.3 Å². The number of nitrogens with zero attached hydrogens (tertiary/aromatic N) is 1. The lowest BCUT2D eigenvalue weighted by Crippen LogP contribution is -2.11. The third kappa shape index (κ3) is 3.46. The lowest BCUT2D eigenvalue weighted by atomic mass is 10.3. The lowest BCUT2D eigenvalue weighted by Gasteiger charge is -2.06.